The van der Waals surface area contributed by atoms with Gasteiger partial charge >= 0.3 is 5.97 Å². The van der Waals surface area contributed by atoms with E-state index < -0.39 is 12.0 Å². The van der Waals surface area contributed by atoms with E-state index in [2.05, 4.69) is 20.9 Å². The maximum atomic E-state index is 13.5. The summed E-state index contributed by atoms with van der Waals surface area (Å²) in [6.45, 7) is 5.56. The number of aromatic nitrogens is 1. The molecule has 3 heterocycles. The minimum Gasteiger partial charge on any atom is -0.496 e. The Hall–Kier alpha value is -2.91. The molecule has 32 heavy (non-hydrogen) atoms. The maximum absolute atomic E-state index is 13.5. The molecular formula is C23H21BrN2O5S. The Balaban J connectivity index is 1.97. The van der Waals surface area contributed by atoms with Gasteiger partial charge in [-0.25, -0.2) is 9.79 Å². The molecule has 0 saturated heterocycles. The number of fused-ring (bicyclic) bond motifs is 1. The molecule has 0 bridgehead atoms. The Morgan fingerprint density at radius 3 is 2.72 bits per heavy atom. The summed E-state index contributed by atoms with van der Waals surface area (Å²) in [6, 6.07) is 8.42. The first-order valence-electron chi connectivity index (χ1n) is 9.93. The molecule has 1 atom stereocenters. The van der Waals surface area contributed by atoms with E-state index in [-0.39, 0.29) is 12.2 Å². The minimum absolute atomic E-state index is 0.219. The van der Waals surface area contributed by atoms with Crippen LogP contribution in [0.3, 0.4) is 0 Å². The second-order valence-corrected chi connectivity index (χ2v) is 9.01. The number of benzene rings is 1. The Labute approximate surface area is 196 Å². The number of nitrogens with zero attached hydrogens (tertiary/aromatic N) is 2. The molecule has 0 N–H and O–H groups in total. The van der Waals surface area contributed by atoms with Crippen molar-refractivity contribution in [2.45, 2.75) is 26.8 Å². The fourth-order valence-corrected chi connectivity index (χ4v) is 5.20. The second-order valence-electron chi connectivity index (χ2n) is 7.14. The average molecular weight is 517 g/mol. The SMILES string of the molecule is CCOC(=O)C1=C(C)N=c2s/c(=C\c3ccc(C)o3)c(=O)n2C1c1ccc(OC)c(Br)c1. The molecule has 1 aliphatic rings. The monoisotopic (exact) mass is 516 g/mol. The molecule has 3 aromatic rings. The highest BCUT2D eigenvalue weighted by atomic mass is 79.9. The fraction of sp³-hybridized carbons (Fsp3) is 0.261. The van der Waals surface area contributed by atoms with Crippen LogP contribution in [0.25, 0.3) is 6.08 Å². The van der Waals surface area contributed by atoms with E-state index in [1.54, 1.807) is 43.7 Å². The van der Waals surface area contributed by atoms with Crippen molar-refractivity contribution < 1.29 is 18.7 Å². The molecule has 2 aromatic heterocycles. The molecule has 0 aliphatic carbocycles. The Bertz CT molecular complexity index is 1410. The minimum atomic E-state index is -0.687. The van der Waals surface area contributed by atoms with E-state index in [4.69, 9.17) is 13.9 Å². The summed E-state index contributed by atoms with van der Waals surface area (Å²) in [4.78, 5) is 31.5. The topological polar surface area (TPSA) is 83.0 Å². The molecule has 7 nitrogen and oxygen atoms in total. The van der Waals surface area contributed by atoms with Crippen LogP contribution in [0.1, 0.15) is 37.0 Å². The van der Waals surface area contributed by atoms with E-state index in [1.807, 2.05) is 25.1 Å². The normalized spacial score (nSPS) is 16.0. The zero-order valence-corrected chi connectivity index (χ0v) is 20.4. The smallest absolute Gasteiger partial charge is 0.338 e. The van der Waals surface area contributed by atoms with Crippen LogP contribution in [0.4, 0.5) is 0 Å². The summed E-state index contributed by atoms with van der Waals surface area (Å²) in [5, 5.41) is 0. The highest BCUT2D eigenvalue weighted by molar-refractivity contribution is 9.10. The first-order chi connectivity index (χ1) is 15.3. The van der Waals surface area contributed by atoms with Crippen LogP contribution in [0.5, 0.6) is 5.75 Å². The van der Waals surface area contributed by atoms with Crippen molar-refractivity contribution in [3.8, 4) is 5.75 Å². The molecule has 1 unspecified atom stereocenters. The van der Waals surface area contributed by atoms with Crippen LogP contribution in [-0.4, -0.2) is 24.3 Å². The molecule has 1 aromatic carbocycles. The molecular weight excluding hydrogens is 496 g/mol. The lowest BCUT2D eigenvalue weighted by Crippen LogP contribution is -2.39. The number of hydrogen-bond donors (Lipinski definition) is 0. The molecule has 1 aliphatic heterocycles. The highest BCUT2D eigenvalue weighted by Gasteiger charge is 2.33. The van der Waals surface area contributed by atoms with Crippen molar-refractivity contribution in [2.24, 2.45) is 4.99 Å². The van der Waals surface area contributed by atoms with Gasteiger partial charge in [-0.3, -0.25) is 9.36 Å². The van der Waals surface area contributed by atoms with Crippen molar-refractivity contribution in [1.82, 2.24) is 4.57 Å². The third-order valence-electron chi connectivity index (χ3n) is 5.04. The quantitative estimate of drug-likeness (QED) is 0.485. The first kappa shape index (κ1) is 22.3. The molecule has 0 amide bonds. The van der Waals surface area contributed by atoms with Gasteiger partial charge in [-0.15, -0.1) is 0 Å². The number of esters is 1. The average Bonchev–Trinajstić information content (AvgIpc) is 3.29. The predicted molar refractivity (Wildman–Crippen MR) is 125 cm³/mol. The number of allylic oxidation sites excluding steroid dienone is 1. The standard InChI is InChI=1S/C23H21BrN2O5S/c1-5-30-22(28)19-13(3)25-23-26(20(19)14-7-9-17(29-4)16(24)10-14)21(27)18(32-23)11-15-8-6-12(2)31-15/h6-11,20H,5H2,1-4H3/b18-11-. The number of carbonyl (C=O) groups excluding carboxylic acids is 1. The zero-order valence-electron chi connectivity index (χ0n) is 18.0. The largest absolute Gasteiger partial charge is 0.496 e. The van der Waals surface area contributed by atoms with E-state index in [9.17, 15) is 9.59 Å². The first-order valence-corrected chi connectivity index (χ1v) is 11.5. The maximum Gasteiger partial charge on any atom is 0.338 e. The number of aryl methyl sites for hydroxylation is 1. The van der Waals surface area contributed by atoms with Crippen LogP contribution in [-0.2, 0) is 9.53 Å². The number of thiazole rings is 1. The van der Waals surface area contributed by atoms with E-state index in [1.165, 1.54) is 11.3 Å². The van der Waals surface area contributed by atoms with Crippen LogP contribution >= 0.6 is 27.3 Å². The Morgan fingerprint density at radius 1 is 1.31 bits per heavy atom. The summed E-state index contributed by atoms with van der Waals surface area (Å²) in [5.41, 5.74) is 1.32. The lowest BCUT2D eigenvalue weighted by atomic mass is 9.96. The van der Waals surface area contributed by atoms with Gasteiger partial charge in [0.05, 0.1) is 40.0 Å². The zero-order chi connectivity index (χ0) is 23.0. The van der Waals surface area contributed by atoms with Crippen molar-refractivity contribution in [3.63, 3.8) is 0 Å². The molecule has 0 spiro atoms. The Kier molecular flexibility index (Phi) is 6.21. The lowest BCUT2D eigenvalue weighted by Gasteiger charge is -2.25. The third kappa shape index (κ3) is 3.98. The number of halogens is 1. The number of hydrogen-bond acceptors (Lipinski definition) is 7. The van der Waals surface area contributed by atoms with Gasteiger partial charge in [0.2, 0.25) is 0 Å². The number of rotatable bonds is 5. The predicted octanol–water partition coefficient (Wildman–Crippen LogP) is 3.47. The van der Waals surface area contributed by atoms with Crippen LogP contribution < -0.4 is 19.6 Å². The van der Waals surface area contributed by atoms with Crippen LogP contribution in [0, 0.1) is 6.92 Å². The van der Waals surface area contributed by atoms with E-state index in [0.717, 1.165) is 11.3 Å². The van der Waals surface area contributed by atoms with E-state index >= 15 is 0 Å². The fourth-order valence-electron chi connectivity index (χ4n) is 3.62. The highest BCUT2D eigenvalue weighted by Crippen LogP contribution is 2.34. The van der Waals surface area contributed by atoms with Gasteiger partial charge in [0.25, 0.3) is 5.56 Å². The van der Waals surface area contributed by atoms with Gasteiger partial charge < -0.3 is 13.9 Å². The summed E-state index contributed by atoms with van der Waals surface area (Å²) < 4.78 is 19.0. The summed E-state index contributed by atoms with van der Waals surface area (Å²) in [5.74, 6) is 1.48. The van der Waals surface area contributed by atoms with Gasteiger partial charge in [-0.2, -0.15) is 0 Å². The van der Waals surface area contributed by atoms with Crippen LogP contribution in [0.2, 0.25) is 0 Å². The summed E-state index contributed by atoms with van der Waals surface area (Å²) in [7, 11) is 1.58. The number of furan rings is 1. The van der Waals surface area contributed by atoms with Gasteiger partial charge in [0.15, 0.2) is 4.80 Å². The summed E-state index contributed by atoms with van der Waals surface area (Å²) >= 11 is 4.76. The van der Waals surface area contributed by atoms with Crippen molar-refractivity contribution >= 4 is 39.3 Å². The van der Waals surface area contributed by atoms with Crippen molar-refractivity contribution in [3.05, 3.63) is 82.8 Å². The Morgan fingerprint density at radius 2 is 2.09 bits per heavy atom. The number of ether oxygens (including phenoxy) is 2. The van der Waals surface area contributed by atoms with E-state index in [0.29, 0.717) is 36.6 Å². The molecule has 0 saturated carbocycles. The molecule has 4 rings (SSSR count). The molecule has 0 fully saturated rings. The third-order valence-corrected chi connectivity index (χ3v) is 6.65. The molecule has 0 radical (unpaired) electrons. The molecule has 9 heteroatoms. The van der Waals surface area contributed by atoms with Crippen molar-refractivity contribution in [2.75, 3.05) is 13.7 Å². The lowest BCUT2D eigenvalue weighted by molar-refractivity contribution is -0.139. The molecule has 166 valence electrons. The number of carbonyl (C=O) groups is 1. The van der Waals surface area contributed by atoms with Gasteiger partial charge in [0.1, 0.15) is 17.3 Å². The number of methoxy groups -OCH3 is 1. The van der Waals surface area contributed by atoms with Gasteiger partial charge in [-0.05, 0) is 66.5 Å². The second kappa shape index (κ2) is 8.91. The van der Waals surface area contributed by atoms with Gasteiger partial charge in [-0.1, -0.05) is 17.4 Å². The van der Waals surface area contributed by atoms with Gasteiger partial charge in [0, 0.05) is 6.08 Å². The van der Waals surface area contributed by atoms with Crippen molar-refractivity contribution in [1.29, 1.82) is 0 Å². The van der Waals surface area contributed by atoms with Crippen LogP contribution in [0.15, 0.2) is 60.3 Å². The summed E-state index contributed by atoms with van der Waals surface area (Å²) in [6.07, 6.45) is 1.70.